The van der Waals surface area contributed by atoms with E-state index >= 15 is 0 Å². The van der Waals surface area contributed by atoms with Gasteiger partial charge >= 0.3 is 5.97 Å². The minimum absolute atomic E-state index is 0.131. The van der Waals surface area contributed by atoms with Crippen LogP contribution in [0.1, 0.15) is 0 Å². The van der Waals surface area contributed by atoms with Crippen molar-refractivity contribution < 1.29 is 32.6 Å². The number of ether oxygens (including phenoxy) is 2. The fourth-order valence-electron chi connectivity index (χ4n) is 2.50. The molecule has 1 aromatic rings. The fourth-order valence-corrected chi connectivity index (χ4v) is 3.29. The molecule has 0 spiro atoms. The Labute approximate surface area is 152 Å². The van der Waals surface area contributed by atoms with E-state index in [1.165, 1.54) is 4.90 Å². The summed E-state index contributed by atoms with van der Waals surface area (Å²) >= 11 is 0. The molecule has 1 N–H and O–H groups in total. The van der Waals surface area contributed by atoms with Crippen molar-refractivity contribution in [1.82, 2.24) is 9.21 Å². The van der Waals surface area contributed by atoms with Gasteiger partial charge in [0.15, 0.2) is 6.61 Å². The number of benzene rings is 1. The van der Waals surface area contributed by atoms with Gasteiger partial charge in [-0.15, -0.1) is 0 Å². The first-order chi connectivity index (χ1) is 12.3. The average Bonchev–Trinajstić information content (AvgIpc) is 2.59. The van der Waals surface area contributed by atoms with Crippen molar-refractivity contribution >= 4 is 21.9 Å². The Balaban J connectivity index is 1.90. The SMILES string of the molecule is CS(=O)(=O)N(CC(=O)O)C[C@@H]1CN(C(=O)COc2ccccc2)CCO1. The Morgan fingerprint density at radius 3 is 2.65 bits per heavy atom. The van der Waals surface area contributed by atoms with E-state index in [-0.39, 0.29) is 32.2 Å². The number of para-hydroxylation sites is 1. The lowest BCUT2D eigenvalue weighted by Gasteiger charge is -2.34. The summed E-state index contributed by atoms with van der Waals surface area (Å²) in [5.74, 6) is -0.919. The van der Waals surface area contributed by atoms with Crippen LogP contribution in [0.3, 0.4) is 0 Å². The first-order valence-electron chi connectivity index (χ1n) is 8.00. The number of morpholine rings is 1. The van der Waals surface area contributed by atoms with Gasteiger partial charge in [-0.2, -0.15) is 4.31 Å². The smallest absolute Gasteiger partial charge is 0.318 e. The van der Waals surface area contributed by atoms with Gasteiger partial charge in [-0.3, -0.25) is 9.59 Å². The zero-order chi connectivity index (χ0) is 19.2. The summed E-state index contributed by atoms with van der Waals surface area (Å²) in [4.78, 5) is 24.7. The van der Waals surface area contributed by atoms with Gasteiger partial charge in [0, 0.05) is 19.6 Å². The number of carbonyl (C=O) groups is 2. The lowest BCUT2D eigenvalue weighted by atomic mass is 10.2. The molecular weight excluding hydrogens is 364 g/mol. The molecule has 10 heteroatoms. The summed E-state index contributed by atoms with van der Waals surface area (Å²) in [6.45, 7) is -0.139. The van der Waals surface area contributed by atoms with Gasteiger partial charge in [0.25, 0.3) is 5.91 Å². The molecule has 1 aliphatic rings. The van der Waals surface area contributed by atoms with E-state index in [1.807, 2.05) is 6.07 Å². The number of aliphatic carboxylic acids is 1. The Kier molecular flexibility index (Phi) is 6.95. The van der Waals surface area contributed by atoms with Crippen molar-refractivity contribution in [2.45, 2.75) is 6.10 Å². The number of carbonyl (C=O) groups excluding carboxylic acids is 1. The third kappa shape index (κ3) is 6.28. The van der Waals surface area contributed by atoms with Gasteiger partial charge in [0.2, 0.25) is 10.0 Å². The van der Waals surface area contributed by atoms with E-state index in [4.69, 9.17) is 14.6 Å². The Hall–Kier alpha value is -2.17. The lowest BCUT2D eigenvalue weighted by Crippen LogP contribution is -2.52. The zero-order valence-corrected chi connectivity index (χ0v) is 15.2. The van der Waals surface area contributed by atoms with Gasteiger partial charge in [-0.1, -0.05) is 18.2 Å². The van der Waals surface area contributed by atoms with Crippen LogP contribution in [0.4, 0.5) is 0 Å². The predicted octanol–water partition coefficient (Wildman–Crippen LogP) is -0.361. The number of rotatable bonds is 8. The van der Waals surface area contributed by atoms with Crippen LogP contribution < -0.4 is 4.74 Å². The monoisotopic (exact) mass is 386 g/mol. The molecule has 26 heavy (non-hydrogen) atoms. The summed E-state index contributed by atoms with van der Waals surface area (Å²) in [6.07, 6.45) is 0.341. The van der Waals surface area contributed by atoms with E-state index in [0.717, 1.165) is 10.6 Å². The molecule has 0 saturated carbocycles. The van der Waals surface area contributed by atoms with Gasteiger partial charge in [0.1, 0.15) is 12.3 Å². The molecule has 144 valence electrons. The zero-order valence-electron chi connectivity index (χ0n) is 14.4. The molecule has 0 aliphatic carbocycles. The number of carboxylic acid groups (broad SMARTS) is 1. The molecule has 0 unspecified atom stereocenters. The molecule has 1 fully saturated rings. The van der Waals surface area contributed by atoms with Crippen LogP contribution in [0.25, 0.3) is 0 Å². The third-order valence-electron chi connectivity index (χ3n) is 3.78. The number of sulfonamides is 1. The summed E-state index contributed by atoms with van der Waals surface area (Å²) in [6, 6.07) is 8.92. The molecular formula is C16H22N2O7S. The van der Waals surface area contributed by atoms with Crippen LogP contribution in [0.15, 0.2) is 30.3 Å². The molecule has 1 saturated heterocycles. The van der Waals surface area contributed by atoms with Crippen LogP contribution in [-0.4, -0.2) is 86.4 Å². The quantitative estimate of drug-likeness (QED) is 0.649. The van der Waals surface area contributed by atoms with Crippen molar-refractivity contribution in [3.63, 3.8) is 0 Å². The number of carboxylic acids is 1. The molecule has 0 radical (unpaired) electrons. The first-order valence-corrected chi connectivity index (χ1v) is 9.84. The minimum atomic E-state index is -3.70. The highest BCUT2D eigenvalue weighted by molar-refractivity contribution is 7.88. The van der Waals surface area contributed by atoms with Crippen LogP contribution in [0.5, 0.6) is 5.75 Å². The van der Waals surface area contributed by atoms with Crippen LogP contribution in [-0.2, 0) is 24.3 Å². The van der Waals surface area contributed by atoms with Crippen molar-refractivity contribution in [3.05, 3.63) is 30.3 Å². The number of amides is 1. The van der Waals surface area contributed by atoms with Crippen molar-refractivity contribution in [1.29, 1.82) is 0 Å². The number of hydrogen-bond donors (Lipinski definition) is 1. The maximum Gasteiger partial charge on any atom is 0.318 e. The summed E-state index contributed by atoms with van der Waals surface area (Å²) in [5.41, 5.74) is 0. The van der Waals surface area contributed by atoms with Gasteiger partial charge in [0.05, 0.1) is 19.0 Å². The van der Waals surface area contributed by atoms with Gasteiger partial charge < -0.3 is 19.5 Å². The fraction of sp³-hybridized carbons (Fsp3) is 0.500. The summed E-state index contributed by atoms with van der Waals surface area (Å²) in [5, 5.41) is 8.87. The molecule has 1 aromatic carbocycles. The second-order valence-electron chi connectivity index (χ2n) is 5.88. The largest absolute Gasteiger partial charge is 0.484 e. The molecule has 9 nitrogen and oxygen atoms in total. The van der Waals surface area contributed by atoms with Crippen LogP contribution >= 0.6 is 0 Å². The normalized spacial score (nSPS) is 17.9. The Morgan fingerprint density at radius 1 is 1.35 bits per heavy atom. The highest BCUT2D eigenvalue weighted by atomic mass is 32.2. The number of hydrogen-bond acceptors (Lipinski definition) is 6. The van der Waals surface area contributed by atoms with Gasteiger partial charge in [-0.25, -0.2) is 8.42 Å². The second-order valence-corrected chi connectivity index (χ2v) is 7.87. The third-order valence-corrected chi connectivity index (χ3v) is 5.00. The minimum Gasteiger partial charge on any atom is -0.484 e. The predicted molar refractivity (Wildman–Crippen MR) is 92.3 cm³/mol. The molecule has 1 amide bonds. The van der Waals surface area contributed by atoms with Crippen LogP contribution in [0.2, 0.25) is 0 Å². The second kappa shape index (κ2) is 8.97. The Bertz CT molecular complexity index is 723. The first kappa shape index (κ1) is 20.1. The van der Waals surface area contributed by atoms with Crippen LogP contribution in [0, 0.1) is 0 Å². The van der Waals surface area contributed by atoms with Crippen molar-refractivity contribution in [3.8, 4) is 5.75 Å². The molecule has 0 aromatic heterocycles. The molecule has 2 rings (SSSR count). The molecule has 1 aliphatic heterocycles. The highest BCUT2D eigenvalue weighted by Gasteiger charge is 2.29. The maximum atomic E-state index is 12.3. The summed E-state index contributed by atoms with van der Waals surface area (Å²) < 4.78 is 35.2. The van der Waals surface area contributed by atoms with E-state index in [0.29, 0.717) is 12.3 Å². The topological polar surface area (TPSA) is 113 Å². The number of nitrogens with zero attached hydrogens (tertiary/aromatic N) is 2. The van der Waals surface area contributed by atoms with E-state index < -0.39 is 28.6 Å². The Morgan fingerprint density at radius 2 is 2.04 bits per heavy atom. The van der Waals surface area contributed by atoms with E-state index in [9.17, 15) is 18.0 Å². The van der Waals surface area contributed by atoms with Crippen molar-refractivity contribution in [2.24, 2.45) is 0 Å². The average molecular weight is 386 g/mol. The van der Waals surface area contributed by atoms with Crippen molar-refractivity contribution in [2.75, 3.05) is 45.6 Å². The molecule has 0 bridgehead atoms. The van der Waals surface area contributed by atoms with Gasteiger partial charge in [-0.05, 0) is 12.1 Å². The van der Waals surface area contributed by atoms with E-state index in [2.05, 4.69) is 0 Å². The van der Waals surface area contributed by atoms with E-state index in [1.54, 1.807) is 24.3 Å². The molecule has 1 heterocycles. The lowest BCUT2D eigenvalue weighted by molar-refractivity contribution is -0.142. The standard InChI is InChI=1S/C16H22N2O7S/c1-26(22,23)18(11-16(20)21)10-14-9-17(7-8-24-14)15(19)12-25-13-5-3-2-4-6-13/h2-6,14H,7-12H2,1H3,(H,20,21)/t14-/m0/s1. The maximum absolute atomic E-state index is 12.3. The highest BCUT2D eigenvalue weighted by Crippen LogP contribution is 2.12. The summed E-state index contributed by atoms with van der Waals surface area (Å²) in [7, 11) is -3.70. The molecule has 1 atom stereocenters.